The van der Waals surface area contributed by atoms with Crippen LogP contribution >= 0.6 is 22.2 Å². The molecule has 0 atom stereocenters. The molecule has 0 aliphatic heterocycles. The molecule has 0 unspecified atom stereocenters. The molecule has 0 aromatic carbocycles. The molecule has 1 nitrogen and oxygen atoms in total. The van der Waals surface area contributed by atoms with E-state index < -0.39 is 6.69 Å². The average Bonchev–Trinajstić information content (AvgIpc) is 2.29. The lowest BCUT2D eigenvalue weighted by atomic mass is 10.1. The summed E-state index contributed by atoms with van der Waals surface area (Å²) in [4.78, 5) is 0. The Kier molecular flexibility index (Phi) is 13.3. The summed E-state index contributed by atoms with van der Waals surface area (Å²) >= 11 is 12.1. The number of unbranched alkanes of at least 4 members (excludes halogenated alkanes) is 10. The number of halogens is 2. The van der Waals surface area contributed by atoms with Gasteiger partial charge in [0.05, 0.1) is 0 Å². The first kappa shape index (κ1) is 18.8. The summed E-state index contributed by atoms with van der Waals surface area (Å²) in [6.45, 7) is 0.533. The van der Waals surface area contributed by atoms with E-state index in [0.29, 0.717) is 6.61 Å². The summed E-state index contributed by atoms with van der Waals surface area (Å²) in [5, 5.41) is 8.65. The number of hydrogen-bond acceptors (Lipinski definition) is 1. The molecule has 0 fully saturated rings. The fraction of sp³-hybridized carbons (Fsp3) is 1.00. The first-order valence-electron chi connectivity index (χ1n) is 7.55. The summed E-state index contributed by atoms with van der Waals surface area (Å²) in [7, 11) is 0. The standard InChI is InChI=1S/C14H30Cl2OSi/c1-18(15,16)14-12-10-8-6-4-2-3-5-7-9-11-13-17/h17H,2-14H2,1H3. The third-order valence-corrected chi connectivity index (χ3v) is 5.64. The van der Waals surface area contributed by atoms with E-state index in [0.717, 1.165) is 12.5 Å². The van der Waals surface area contributed by atoms with Crippen LogP contribution in [0.1, 0.15) is 70.6 Å². The van der Waals surface area contributed by atoms with Gasteiger partial charge >= 0.3 is 0 Å². The third kappa shape index (κ3) is 16.8. The van der Waals surface area contributed by atoms with Gasteiger partial charge in [-0.25, -0.2) is 0 Å². The molecule has 0 aromatic rings. The van der Waals surface area contributed by atoms with E-state index in [2.05, 4.69) is 0 Å². The van der Waals surface area contributed by atoms with Crippen LogP contribution in [0.5, 0.6) is 0 Å². The highest BCUT2D eigenvalue weighted by molar-refractivity contribution is 7.44. The van der Waals surface area contributed by atoms with Gasteiger partial charge < -0.3 is 5.11 Å². The topological polar surface area (TPSA) is 20.2 Å². The van der Waals surface area contributed by atoms with Crippen molar-refractivity contribution in [2.45, 2.75) is 83.2 Å². The van der Waals surface area contributed by atoms with Gasteiger partial charge in [0.1, 0.15) is 0 Å². The van der Waals surface area contributed by atoms with Crippen molar-refractivity contribution in [2.75, 3.05) is 6.61 Å². The van der Waals surface area contributed by atoms with E-state index in [1.54, 1.807) is 0 Å². The van der Waals surface area contributed by atoms with E-state index >= 15 is 0 Å². The van der Waals surface area contributed by atoms with E-state index in [-0.39, 0.29) is 0 Å². The lowest BCUT2D eigenvalue weighted by Crippen LogP contribution is -2.11. The quantitative estimate of drug-likeness (QED) is 0.258. The minimum absolute atomic E-state index is 0.354. The maximum Gasteiger partial charge on any atom is 0.248 e. The second kappa shape index (κ2) is 12.8. The second-order valence-electron chi connectivity index (χ2n) is 5.43. The van der Waals surface area contributed by atoms with Crippen LogP contribution < -0.4 is 0 Å². The monoisotopic (exact) mass is 312 g/mol. The highest BCUT2D eigenvalue weighted by atomic mass is 35.7. The summed E-state index contributed by atoms with van der Waals surface area (Å²) in [6.07, 6.45) is 14.1. The van der Waals surface area contributed by atoms with Crippen LogP contribution in [0.25, 0.3) is 0 Å². The Balaban J connectivity index is 2.99. The van der Waals surface area contributed by atoms with Crippen molar-refractivity contribution in [2.24, 2.45) is 0 Å². The molecule has 4 heteroatoms. The Morgan fingerprint density at radius 3 is 1.33 bits per heavy atom. The van der Waals surface area contributed by atoms with Crippen molar-refractivity contribution in [1.82, 2.24) is 0 Å². The van der Waals surface area contributed by atoms with Crippen molar-refractivity contribution < 1.29 is 5.11 Å². The minimum atomic E-state index is -1.83. The van der Waals surface area contributed by atoms with E-state index in [1.165, 1.54) is 64.2 Å². The van der Waals surface area contributed by atoms with Crippen molar-refractivity contribution in [3.05, 3.63) is 0 Å². The largest absolute Gasteiger partial charge is 0.396 e. The van der Waals surface area contributed by atoms with E-state index in [9.17, 15) is 0 Å². The number of aliphatic hydroxyl groups excluding tert-OH is 1. The zero-order valence-electron chi connectivity index (χ0n) is 11.9. The molecular formula is C14H30Cl2OSi. The van der Waals surface area contributed by atoms with Gasteiger partial charge in [0.25, 0.3) is 0 Å². The van der Waals surface area contributed by atoms with Crippen LogP contribution in [0.4, 0.5) is 0 Å². The van der Waals surface area contributed by atoms with Gasteiger partial charge in [0, 0.05) is 6.61 Å². The smallest absolute Gasteiger partial charge is 0.248 e. The summed E-state index contributed by atoms with van der Waals surface area (Å²) in [5.41, 5.74) is 0. The van der Waals surface area contributed by atoms with E-state index in [4.69, 9.17) is 27.3 Å². The van der Waals surface area contributed by atoms with Crippen molar-refractivity contribution >= 4 is 28.9 Å². The Labute approximate surface area is 124 Å². The zero-order chi connectivity index (χ0) is 13.7. The molecule has 0 saturated heterocycles. The van der Waals surface area contributed by atoms with Crippen LogP contribution in [0.15, 0.2) is 0 Å². The van der Waals surface area contributed by atoms with Crippen molar-refractivity contribution in [1.29, 1.82) is 0 Å². The summed E-state index contributed by atoms with van der Waals surface area (Å²) in [6, 6.07) is 1.04. The maximum atomic E-state index is 8.65. The normalized spacial score (nSPS) is 12.0. The van der Waals surface area contributed by atoms with Gasteiger partial charge in [0.15, 0.2) is 0 Å². The lowest BCUT2D eigenvalue weighted by Gasteiger charge is -2.09. The molecule has 1 N–H and O–H groups in total. The molecule has 0 amide bonds. The minimum Gasteiger partial charge on any atom is -0.396 e. The van der Waals surface area contributed by atoms with Gasteiger partial charge in [-0.1, -0.05) is 64.2 Å². The highest BCUT2D eigenvalue weighted by Crippen LogP contribution is 2.23. The molecule has 0 bridgehead atoms. The molecule has 0 spiro atoms. The fourth-order valence-electron chi connectivity index (χ4n) is 2.14. The Morgan fingerprint density at radius 1 is 0.667 bits per heavy atom. The highest BCUT2D eigenvalue weighted by Gasteiger charge is 2.19. The second-order valence-corrected chi connectivity index (χ2v) is 13.7. The third-order valence-electron chi connectivity index (χ3n) is 3.27. The van der Waals surface area contributed by atoms with Gasteiger partial charge in [-0.15, -0.1) is 22.2 Å². The fourth-order valence-corrected chi connectivity index (χ4v) is 3.81. The molecule has 18 heavy (non-hydrogen) atoms. The summed E-state index contributed by atoms with van der Waals surface area (Å²) in [5.74, 6) is 0. The predicted molar refractivity (Wildman–Crippen MR) is 86.0 cm³/mol. The first-order chi connectivity index (χ1) is 8.56. The lowest BCUT2D eigenvalue weighted by molar-refractivity contribution is 0.282. The van der Waals surface area contributed by atoms with E-state index in [1.807, 2.05) is 6.55 Å². The van der Waals surface area contributed by atoms with Gasteiger partial charge in [-0.05, 0) is 19.0 Å². The Bertz CT molecular complexity index is 172. The number of aliphatic hydroxyl groups is 1. The van der Waals surface area contributed by atoms with Crippen LogP contribution in [0.3, 0.4) is 0 Å². The van der Waals surface area contributed by atoms with Crippen LogP contribution in [-0.2, 0) is 0 Å². The van der Waals surface area contributed by atoms with Crippen LogP contribution in [0, 0.1) is 0 Å². The van der Waals surface area contributed by atoms with Crippen molar-refractivity contribution in [3.8, 4) is 0 Å². The predicted octanol–water partition coefficient (Wildman–Crippen LogP) is 5.82. The SMILES string of the molecule is C[Si](Cl)(Cl)CCCCCCCCCCCCCO. The average molecular weight is 313 g/mol. The Morgan fingerprint density at radius 2 is 1.00 bits per heavy atom. The zero-order valence-corrected chi connectivity index (χ0v) is 14.4. The molecule has 0 rings (SSSR count). The first-order valence-corrected chi connectivity index (χ1v) is 12.3. The summed E-state index contributed by atoms with van der Waals surface area (Å²) < 4.78 is 0. The molecule has 0 heterocycles. The van der Waals surface area contributed by atoms with Crippen molar-refractivity contribution in [3.63, 3.8) is 0 Å². The van der Waals surface area contributed by atoms with Crippen LogP contribution in [0.2, 0.25) is 12.6 Å². The van der Waals surface area contributed by atoms with Crippen LogP contribution in [-0.4, -0.2) is 18.4 Å². The molecule has 0 saturated carbocycles. The molecule has 0 aliphatic carbocycles. The molecule has 0 radical (unpaired) electrons. The van der Waals surface area contributed by atoms with Gasteiger partial charge in [-0.2, -0.15) is 0 Å². The van der Waals surface area contributed by atoms with Gasteiger partial charge in [-0.3, -0.25) is 0 Å². The maximum absolute atomic E-state index is 8.65. The number of hydrogen-bond donors (Lipinski definition) is 1. The molecule has 0 aromatic heterocycles. The molecule has 0 aliphatic rings. The molecule has 110 valence electrons. The van der Waals surface area contributed by atoms with Gasteiger partial charge in [0.2, 0.25) is 6.69 Å². The molecular weight excluding hydrogens is 283 g/mol. The number of rotatable bonds is 13. The Hall–Kier alpha value is 0.757.